The molecule has 1 atom stereocenters. The van der Waals surface area contributed by atoms with Crippen LogP contribution in [0.2, 0.25) is 0 Å². The number of aromatic amines is 1. The van der Waals surface area contributed by atoms with Crippen LogP contribution in [0.15, 0.2) is 59.6 Å². The number of H-pyrrole nitrogens is 1. The zero-order chi connectivity index (χ0) is 23.3. The molecule has 4 N–H and O–H groups in total. The molecule has 1 aromatic heterocycles. The number of carboxylic acids is 1. The van der Waals surface area contributed by atoms with Gasteiger partial charge in [-0.2, -0.15) is 13.2 Å². The summed E-state index contributed by atoms with van der Waals surface area (Å²) in [6.45, 7) is 0.189. The molecule has 4 rings (SSSR count). The van der Waals surface area contributed by atoms with Crippen molar-refractivity contribution in [2.24, 2.45) is 10.7 Å². The SMILES string of the molecule is N[C@@H]1N=C(c2ccccc2)c2ccccc2N(Cc2nnn[nH]2)C1=O.O=C(O)C(F)(F)F. The van der Waals surface area contributed by atoms with Crippen molar-refractivity contribution in [2.75, 3.05) is 4.90 Å². The minimum Gasteiger partial charge on any atom is -0.475 e. The molecule has 13 heteroatoms. The minimum absolute atomic E-state index is 0.189. The number of halogens is 3. The highest BCUT2D eigenvalue weighted by atomic mass is 19.4. The maximum absolute atomic E-state index is 12.8. The van der Waals surface area contributed by atoms with E-state index in [1.54, 1.807) is 4.90 Å². The number of para-hydroxylation sites is 1. The number of carbonyl (C=O) groups excluding carboxylic acids is 1. The smallest absolute Gasteiger partial charge is 0.475 e. The Kier molecular flexibility index (Phi) is 6.59. The number of aromatic nitrogens is 4. The molecule has 0 bridgehead atoms. The number of fused-ring (bicyclic) bond motifs is 1. The number of carbonyl (C=O) groups is 2. The normalized spacial score (nSPS) is 15.8. The molecular formula is C19H16F3N7O3. The van der Waals surface area contributed by atoms with E-state index in [0.29, 0.717) is 11.5 Å². The maximum atomic E-state index is 12.8. The predicted molar refractivity (Wildman–Crippen MR) is 106 cm³/mol. The van der Waals surface area contributed by atoms with E-state index < -0.39 is 18.3 Å². The molecule has 0 radical (unpaired) electrons. The van der Waals surface area contributed by atoms with Crippen LogP contribution in [0.5, 0.6) is 0 Å². The molecule has 1 aliphatic heterocycles. The summed E-state index contributed by atoms with van der Waals surface area (Å²) in [7, 11) is 0. The summed E-state index contributed by atoms with van der Waals surface area (Å²) in [6, 6.07) is 17.3. The number of benzene rings is 2. The number of benzodiazepines with no additional fused rings is 1. The number of hydrogen-bond acceptors (Lipinski definition) is 7. The van der Waals surface area contributed by atoms with Crippen molar-refractivity contribution in [3.05, 3.63) is 71.5 Å². The summed E-state index contributed by atoms with van der Waals surface area (Å²) < 4.78 is 31.7. The molecule has 2 aromatic carbocycles. The number of amides is 1. The van der Waals surface area contributed by atoms with Gasteiger partial charge in [0.15, 0.2) is 12.0 Å². The Hall–Kier alpha value is -4.13. The first kappa shape index (κ1) is 22.6. The van der Waals surface area contributed by atoms with Crippen molar-refractivity contribution in [3.63, 3.8) is 0 Å². The van der Waals surface area contributed by atoms with E-state index in [-0.39, 0.29) is 12.5 Å². The number of aliphatic carboxylic acids is 1. The van der Waals surface area contributed by atoms with Crippen molar-refractivity contribution >= 4 is 23.3 Å². The topological polar surface area (TPSA) is 150 Å². The average Bonchev–Trinajstić information content (AvgIpc) is 3.26. The number of nitrogens with zero attached hydrogens (tertiary/aromatic N) is 5. The zero-order valence-corrected chi connectivity index (χ0v) is 16.2. The molecule has 1 amide bonds. The van der Waals surface area contributed by atoms with E-state index in [1.165, 1.54) is 0 Å². The molecule has 0 aliphatic carbocycles. The summed E-state index contributed by atoms with van der Waals surface area (Å²) in [5, 5.41) is 20.8. The number of aliphatic imine (C=N–C) groups is 1. The predicted octanol–water partition coefficient (Wildman–Crippen LogP) is 1.50. The molecule has 32 heavy (non-hydrogen) atoms. The third-order valence-electron chi connectivity index (χ3n) is 4.22. The Labute approximate surface area is 178 Å². The summed E-state index contributed by atoms with van der Waals surface area (Å²) in [6.07, 6.45) is -6.08. The van der Waals surface area contributed by atoms with E-state index in [2.05, 4.69) is 25.6 Å². The third kappa shape index (κ3) is 5.13. The molecule has 10 nitrogen and oxygen atoms in total. The fourth-order valence-electron chi connectivity index (χ4n) is 2.84. The molecule has 0 saturated carbocycles. The largest absolute Gasteiger partial charge is 0.490 e. The van der Waals surface area contributed by atoms with Gasteiger partial charge in [-0.25, -0.2) is 9.89 Å². The molecule has 0 saturated heterocycles. The number of tetrazole rings is 1. The lowest BCUT2D eigenvalue weighted by atomic mass is 10.0. The van der Waals surface area contributed by atoms with Gasteiger partial charge in [-0.15, -0.1) is 5.10 Å². The van der Waals surface area contributed by atoms with Crippen LogP contribution >= 0.6 is 0 Å². The molecule has 1 aliphatic rings. The summed E-state index contributed by atoms with van der Waals surface area (Å²) in [5.41, 5.74) is 9.22. The van der Waals surface area contributed by atoms with Crippen LogP contribution in [0.25, 0.3) is 0 Å². The van der Waals surface area contributed by atoms with Gasteiger partial charge in [0.05, 0.1) is 17.9 Å². The highest BCUT2D eigenvalue weighted by Gasteiger charge is 2.38. The average molecular weight is 447 g/mol. The van der Waals surface area contributed by atoms with Crippen LogP contribution in [-0.2, 0) is 16.1 Å². The van der Waals surface area contributed by atoms with Gasteiger partial charge < -0.3 is 15.7 Å². The van der Waals surface area contributed by atoms with Crippen molar-refractivity contribution in [1.82, 2.24) is 20.6 Å². The summed E-state index contributed by atoms with van der Waals surface area (Å²) in [4.78, 5) is 27.8. The van der Waals surface area contributed by atoms with Crippen molar-refractivity contribution < 1.29 is 27.9 Å². The molecule has 2 heterocycles. The van der Waals surface area contributed by atoms with Crippen molar-refractivity contribution in [3.8, 4) is 0 Å². The van der Waals surface area contributed by atoms with E-state index in [1.807, 2.05) is 54.6 Å². The first-order valence-corrected chi connectivity index (χ1v) is 9.00. The molecule has 166 valence electrons. The Bertz CT molecular complexity index is 1120. The van der Waals surface area contributed by atoms with Crippen LogP contribution < -0.4 is 10.6 Å². The number of alkyl halides is 3. The second-order valence-electron chi connectivity index (χ2n) is 6.38. The molecular weight excluding hydrogens is 431 g/mol. The summed E-state index contributed by atoms with van der Waals surface area (Å²) >= 11 is 0. The highest BCUT2D eigenvalue weighted by Crippen LogP contribution is 2.28. The van der Waals surface area contributed by atoms with Gasteiger partial charge in [0.25, 0.3) is 5.91 Å². The first-order chi connectivity index (χ1) is 15.2. The lowest BCUT2D eigenvalue weighted by Crippen LogP contribution is -2.42. The number of hydrogen-bond donors (Lipinski definition) is 3. The Balaban J connectivity index is 0.000000360. The van der Waals surface area contributed by atoms with Crippen molar-refractivity contribution in [2.45, 2.75) is 18.9 Å². The van der Waals surface area contributed by atoms with Gasteiger partial charge in [0.2, 0.25) is 0 Å². The van der Waals surface area contributed by atoms with E-state index in [9.17, 15) is 18.0 Å². The van der Waals surface area contributed by atoms with Gasteiger partial charge in [-0.1, -0.05) is 48.5 Å². The van der Waals surface area contributed by atoms with Crippen LogP contribution in [0.1, 0.15) is 17.0 Å². The molecule has 3 aromatic rings. The minimum atomic E-state index is -5.08. The number of rotatable bonds is 3. The second-order valence-corrected chi connectivity index (χ2v) is 6.38. The fraction of sp³-hybridized carbons (Fsp3) is 0.158. The van der Waals surface area contributed by atoms with Crippen LogP contribution in [0.3, 0.4) is 0 Å². The Morgan fingerprint density at radius 1 is 1.12 bits per heavy atom. The monoisotopic (exact) mass is 447 g/mol. The molecule has 0 fully saturated rings. The third-order valence-corrected chi connectivity index (χ3v) is 4.22. The van der Waals surface area contributed by atoms with Crippen LogP contribution in [-0.4, -0.2) is 55.7 Å². The number of nitrogens with two attached hydrogens (primary N) is 1. The van der Waals surface area contributed by atoms with Gasteiger partial charge in [-0.3, -0.25) is 9.79 Å². The van der Waals surface area contributed by atoms with Gasteiger partial charge in [0, 0.05) is 11.1 Å². The lowest BCUT2D eigenvalue weighted by molar-refractivity contribution is -0.192. The number of carboxylic acid groups (broad SMARTS) is 1. The quantitative estimate of drug-likeness (QED) is 0.550. The Morgan fingerprint density at radius 2 is 1.75 bits per heavy atom. The van der Waals surface area contributed by atoms with E-state index >= 15 is 0 Å². The lowest BCUT2D eigenvalue weighted by Gasteiger charge is -2.22. The van der Waals surface area contributed by atoms with Gasteiger partial charge in [-0.05, 0) is 16.5 Å². The fourth-order valence-corrected chi connectivity index (χ4v) is 2.84. The van der Waals surface area contributed by atoms with Crippen molar-refractivity contribution in [1.29, 1.82) is 0 Å². The highest BCUT2D eigenvalue weighted by molar-refractivity contribution is 6.20. The van der Waals surface area contributed by atoms with E-state index in [4.69, 9.17) is 15.6 Å². The summed E-state index contributed by atoms with van der Waals surface area (Å²) in [5.74, 6) is -2.60. The van der Waals surface area contributed by atoms with E-state index in [0.717, 1.165) is 16.8 Å². The number of nitrogens with one attached hydrogen (secondary N) is 1. The Morgan fingerprint density at radius 3 is 2.34 bits per heavy atom. The van der Waals surface area contributed by atoms with Gasteiger partial charge >= 0.3 is 12.1 Å². The number of anilines is 1. The van der Waals surface area contributed by atoms with Crippen LogP contribution in [0.4, 0.5) is 18.9 Å². The first-order valence-electron chi connectivity index (χ1n) is 9.00. The maximum Gasteiger partial charge on any atom is 0.490 e. The zero-order valence-electron chi connectivity index (χ0n) is 16.2. The van der Waals surface area contributed by atoms with Crippen LogP contribution in [0, 0.1) is 0 Å². The van der Waals surface area contributed by atoms with Gasteiger partial charge in [0.1, 0.15) is 0 Å². The second kappa shape index (κ2) is 9.34. The molecule has 0 unspecified atom stereocenters. The molecule has 0 spiro atoms. The standard InChI is InChI=1S/C17H15N7O.C2HF3O2/c18-16-17(25)24(10-14-20-22-23-21-14)13-9-5-4-8-12(13)15(19-16)11-6-2-1-3-7-11;3-2(4,5)1(6)7/h1-9,16H,10,18H2,(H,20,21,22,23);(H,6,7)/t16-;/m1./s1.